The first-order valence-electron chi connectivity index (χ1n) is 10.1. The first kappa shape index (κ1) is 19.2. The average molecular weight is 410 g/mol. The van der Waals surface area contributed by atoms with E-state index in [2.05, 4.69) is 57.3 Å². The summed E-state index contributed by atoms with van der Waals surface area (Å²) in [6.07, 6.45) is 5.40. The highest BCUT2D eigenvalue weighted by atomic mass is 16.6. The molecule has 6 heteroatoms. The van der Waals surface area contributed by atoms with Crippen LogP contribution in [0.3, 0.4) is 0 Å². The number of hydroxylamine groups is 1. The molecular weight excluding hydrogens is 388 g/mol. The van der Waals surface area contributed by atoms with Gasteiger partial charge >= 0.3 is 0 Å². The Kier molecular flexibility index (Phi) is 5.08. The molecule has 0 aliphatic rings. The summed E-state index contributed by atoms with van der Waals surface area (Å²) in [6.45, 7) is 2.51. The second kappa shape index (κ2) is 8.18. The minimum absolute atomic E-state index is 0.445. The zero-order chi connectivity index (χ0) is 21.2. The Morgan fingerprint density at radius 1 is 0.968 bits per heavy atom. The maximum atomic E-state index is 6.27. The second-order valence-electron chi connectivity index (χ2n) is 7.30. The Morgan fingerprint density at radius 2 is 1.90 bits per heavy atom. The molecule has 3 heterocycles. The zero-order valence-corrected chi connectivity index (χ0v) is 17.4. The van der Waals surface area contributed by atoms with Crippen LogP contribution in [0.15, 0.2) is 79.3 Å². The fourth-order valence-electron chi connectivity index (χ4n) is 3.80. The molecule has 2 aromatic carbocycles. The number of ether oxygens (including phenoxy) is 1. The lowest BCUT2D eigenvalue weighted by atomic mass is 10.1. The van der Waals surface area contributed by atoms with Gasteiger partial charge in [0.05, 0.1) is 11.0 Å². The summed E-state index contributed by atoms with van der Waals surface area (Å²) in [5, 5.41) is 2.07. The van der Waals surface area contributed by atoms with E-state index in [9.17, 15) is 0 Å². The van der Waals surface area contributed by atoms with Gasteiger partial charge in [-0.3, -0.25) is 14.8 Å². The number of nitrogens with one attached hydrogen (secondary N) is 1. The number of hydrogen-bond acceptors (Lipinski definition) is 5. The molecule has 6 nitrogen and oxygen atoms in total. The fraction of sp³-hybridized carbons (Fsp3) is 0.120. The Morgan fingerprint density at radius 3 is 2.74 bits per heavy atom. The van der Waals surface area contributed by atoms with Crippen LogP contribution in [0.4, 0.5) is 0 Å². The average Bonchev–Trinajstić information content (AvgIpc) is 3.12. The number of nitrogens with zero attached hydrogens (tertiary/aromatic N) is 3. The highest BCUT2D eigenvalue weighted by Crippen LogP contribution is 2.33. The third-order valence-electron chi connectivity index (χ3n) is 5.34. The van der Waals surface area contributed by atoms with Crippen LogP contribution in [-0.4, -0.2) is 21.6 Å². The molecule has 0 aliphatic carbocycles. The van der Waals surface area contributed by atoms with Crippen LogP contribution >= 0.6 is 0 Å². The lowest BCUT2D eigenvalue weighted by molar-refractivity contribution is 0.00982. The maximum absolute atomic E-state index is 6.27. The van der Waals surface area contributed by atoms with Gasteiger partial charge in [0.25, 0.3) is 0 Å². The first-order chi connectivity index (χ1) is 15.2. The molecule has 0 unspecified atom stereocenters. The third-order valence-corrected chi connectivity index (χ3v) is 5.34. The molecule has 0 spiro atoms. The third kappa shape index (κ3) is 3.74. The highest BCUT2D eigenvalue weighted by molar-refractivity contribution is 5.89. The number of rotatable bonds is 6. The topological polar surface area (TPSA) is 61.2 Å². The van der Waals surface area contributed by atoms with Crippen molar-refractivity contribution in [3.63, 3.8) is 0 Å². The van der Waals surface area contributed by atoms with Crippen LogP contribution in [0.25, 0.3) is 32.9 Å². The van der Waals surface area contributed by atoms with Crippen molar-refractivity contribution in [2.24, 2.45) is 0 Å². The number of aromatic nitrogens is 3. The van der Waals surface area contributed by atoms with E-state index in [1.54, 1.807) is 19.4 Å². The van der Waals surface area contributed by atoms with E-state index in [-0.39, 0.29) is 0 Å². The number of hydrogen-bond donors (Lipinski definition) is 1. The van der Waals surface area contributed by atoms with Crippen molar-refractivity contribution in [1.29, 1.82) is 0 Å². The maximum Gasteiger partial charge on any atom is 0.144 e. The SMILES string of the molecule is CNOCn1c(C)cc2cc(Oc3ccnc4cc(-c5cccnc5)ccc34)ccc21. The molecule has 1 N–H and O–H groups in total. The van der Waals surface area contributed by atoms with Gasteiger partial charge in [-0.05, 0) is 61.0 Å². The van der Waals surface area contributed by atoms with Gasteiger partial charge in [-0.1, -0.05) is 12.1 Å². The van der Waals surface area contributed by atoms with E-state index in [1.807, 2.05) is 36.5 Å². The number of aryl methyl sites for hydroxylation is 1. The lowest BCUT2D eigenvalue weighted by Gasteiger charge is -2.11. The Balaban J connectivity index is 1.48. The summed E-state index contributed by atoms with van der Waals surface area (Å²) in [5.41, 5.74) is 7.96. The van der Waals surface area contributed by atoms with Gasteiger partial charge < -0.3 is 9.30 Å². The van der Waals surface area contributed by atoms with E-state index in [1.165, 1.54) is 0 Å². The summed E-state index contributed by atoms with van der Waals surface area (Å²) in [5.74, 6) is 1.56. The van der Waals surface area contributed by atoms with Crippen molar-refractivity contribution in [3.05, 3.63) is 84.9 Å². The molecule has 0 fully saturated rings. The second-order valence-corrected chi connectivity index (χ2v) is 7.30. The van der Waals surface area contributed by atoms with Crippen molar-refractivity contribution in [2.45, 2.75) is 13.7 Å². The van der Waals surface area contributed by atoms with Gasteiger partial charge in [0.15, 0.2) is 0 Å². The molecule has 0 radical (unpaired) electrons. The predicted octanol–water partition coefficient (Wildman–Crippen LogP) is 5.46. The standard InChI is InChI=1S/C25H22N4O2/c1-17-12-20-13-21(6-8-24(20)29(17)16-30-26-2)31-25-9-11-28-23-14-18(5-7-22(23)25)19-4-3-10-27-15-19/h3-15,26H,16H2,1-2H3. The summed E-state index contributed by atoms with van der Waals surface area (Å²) in [7, 11) is 1.76. The largest absolute Gasteiger partial charge is 0.457 e. The molecule has 0 atom stereocenters. The van der Waals surface area contributed by atoms with Gasteiger partial charge in [-0.2, -0.15) is 0 Å². The van der Waals surface area contributed by atoms with E-state index in [4.69, 9.17) is 9.57 Å². The van der Waals surface area contributed by atoms with Crippen molar-refractivity contribution >= 4 is 21.8 Å². The zero-order valence-electron chi connectivity index (χ0n) is 17.4. The number of fused-ring (bicyclic) bond motifs is 2. The molecule has 154 valence electrons. The van der Waals surface area contributed by atoms with Crippen LogP contribution in [0, 0.1) is 6.92 Å². The van der Waals surface area contributed by atoms with Crippen molar-refractivity contribution < 1.29 is 9.57 Å². The molecular formula is C25H22N4O2. The summed E-state index contributed by atoms with van der Waals surface area (Å²) in [4.78, 5) is 14.1. The quantitative estimate of drug-likeness (QED) is 0.377. The van der Waals surface area contributed by atoms with Gasteiger partial charge in [0.2, 0.25) is 0 Å². The molecule has 0 saturated carbocycles. The summed E-state index contributed by atoms with van der Waals surface area (Å²) < 4.78 is 8.38. The van der Waals surface area contributed by atoms with E-state index in [0.717, 1.165) is 50.1 Å². The molecule has 0 amide bonds. The molecule has 0 bridgehead atoms. The van der Waals surface area contributed by atoms with Crippen LogP contribution in [0.5, 0.6) is 11.5 Å². The predicted molar refractivity (Wildman–Crippen MR) is 122 cm³/mol. The van der Waals surface area contributed by atoms with Gasteiger partial charge in [-0.15, -0.1) is 0 Å². The van der Waals surface area contributed by atoms with Crippen LogP contribution in [-0.2, 0) is 11.6 Å². The number of benzene rings is 2. The summed E-state index contributed by atoms with van der Waals surface area (Å²) in [6, 6.07) is 20.3. The molecule has 0 aliphatic heterocycles. The lowest BCUT2D eigenvalue weighted by Crippen LogP contribution is -2.12. The molecule has 3 aromatic heterocycles. The fourth-order valence-corrected chi connectivity index (χ4v) is 3.80. The minimum Gasteiger partial charge on any atom is -0.457 e. The molecule has 5 aromatic rings. The minimum atomic E-state index is 0.445. The van der Waals surface area contributed by atoms with Gasteiger partial charge in [0.1, 0.15) is 18.2 Å². The Bertz CT molecular complexity index is 1360. The molecule has 31 heavy (non-hydrogen) atoms. The van der Waals surface area contributed by atoms with Crippen LogP contribution < -0.4 is 10.2 Å². The summed E-state index contributed by atoms with van der Waals surface area (Å²) >= 11 is 0. The number of pyridine rings is 2. The van der Waals surface area contributed by atoms with E-state index < -0.39 is 0 Å². The highest BCUT2D eigenvalue weighted by Gasteiger charge is 2.10. The smallest absolute Gasteiger partial charge is 0.144 e. The molecule has 0 saturated heterocycles. The molecule has 5 rings (SSSR count). The van der Waals surface area contributed by atoms with Crippen LogP contribution in [0.1, 0.15) is 5.69 Å². The Hall–Kier alpha value is -3.74. The van der Waals surface area contributed by atoms with Crippen molar-refractivity contribution in [2.75, 3.05) is 7.05 Å². The van der Waals surface area contributed by atoms with Crippen molar-refractivity contribution in [1.82, 2.24) is 20.0 Å². The normalized spacial score (nSPS) is 11.3. The monoisotopic (exact) mass is 410 g/mol. The van der Waals surface area contributed by atoms with Gasteiger partial charge in [0, 0.05) is 47.7 Å². The van der Waals surface area contributed by atoms with E-state index in [0.29, 0.717) is 6.73 Å². The van der Waals surface area contributed by atoms with E-state index >= 15 is 0 Å². The Labute approximate surface area is 180 Å². The van der Waals surface area contributed by atoms with Gasteiger partial charge in [-0.25, -0.2) is 5.48 Å². The first-order valence-corrected chi connectivity index (χ1v) is 10.1. The van der Waals surface area contributed by atoms with Crippen molar-refractivity contribution in [3.8, 4) is 22.6 Å². The van der Waals surface area contributed by atoms with Crippen LogP contribution in [0.2, 0.25) is 0 Å².